The minimum atomic E-state index is -0.781. The van der Waals surface area contributed by atoms with Crippen molar-refractivity contribution in [3.8, 4) is 0 Å². The van der Waals surface area contributed by atoms with Crippen molar-refractivity contribution in [3.05, 3.63) is 42.2 Å². The first-order chi connectivity index (χ1) is 19.1. The van der Waals surface area contributed by atoms with Crippen LogP contribution in [-0.4, -0.2) is 76.4 Å². The third kappa shape index (κ3) is 12.9. The van der Waals surface area contributed by atoms with E-state index in [9.17, 15) is 19.2 Å². The molecule has 1 heterocycles. The third-order valence-electron chi connectivity index (χ3n) is 4.87. The summed E-state index contributed by atoms with van der Waals surface area (Å²) in [5, 5.41) is 13.0. The summed E-state index contributed by atoms with van der Waals surface area (Å²) in [5.74, 6) is -1.04. The number of esters is 1. The number of carbonyl (C=O) groups excluding carboxylic acids is 4. The Labute approximate surface area is 239 Å². The zero-order chi connectivity index (χ0) is 30.6. The number of carbonyl (C=O) groups is 4. The number of hydrogen-bond acceptors (Lipinski definition) is 10. The van der Waals surface area contributed by atoms with Crippen LogP contribution < -0.4 is 15.5 Å². The van der Waals surface area contributed by atoms with Gasteiger partial charge in [-0.05, 0) is 66.5 Å². The summed E-state index contributed by atoms with van der Waals surface area (Å²) in [6.07, 6.45) is 1.00. The zero-order valence-electron chi connectivity index (χ0n) is 24.6. The van der Waals surface area contributed by atoms with Gasteiger partial charge in [0.1, 0.15) is 24.3 Å². The number of benzene rings is 1. The van der Waals surface area contributed by atoms with Crippen molar-refractivity contribution in [2.75, 3.05) is 25.1 Å². The van der Waals surface area contributed by atoms with Gasteiger partial charge in [0, 0.05) is 18.4 Å². The normalized spacial score (nSPS) is 11.2. The van der Waals surface area contributed by atoms with Crippen LogP contribution in [0.2, 0.25) is 0 Å². The first kappa shape index (κ1) is 32.7. The Balaban J connectivity index is 2.00. The molecule has 0 bridgehead atoms. The highest BCUT2D eigenvalue weighted by Crippen LogP contribution is 2.14. The molecule has 224 valence electrons. The smallest absolute Gasteiger partial charge is 0.414 e. The van der Waals surface area contributed by atoms with Crippen LogP contribution >= 0.6 is 0 Å². The molecule has 14 nitrogen and oxygen atoms in total. The molecule has 2 rings (SSSR count). The quantitative estimate of drug-likeness (QED) is 0.151. The molecule has 0 spiro atoms. The molecule has 0 radical (unpaired) electrons. The molecule has 41 heavy (non-hydrogen) atoms. The first-order valence-corrected chi connectivity index (χ1v) is 13.0. The fraction of sp³-hybridized carbons (Fsp3) is 0.519. The van der Waals surface area contributed by atoms with Crippen molar-refractivity contribution in [2.45, 2.75) is 72.1 Å². The summed E-state index contributed by atoms with van der Waals surface area (Å²) < 4.78 is 16.6. The average Bonchev–Trinajstić information content (AvgIpc) is 3.29. The lowest BCUT2D eigenvalue weighted by Crippen LogP contribution is -2.47. The summed E-state index contributed by atoms with van der Waals surface area (Å²) in [6, 6.07) is 8.78. The number of ether oxygens (including phenoxy) is 3. The van der Waals surface area contributed by atoms with Gasteiger partial charge in [-0.2, -0.15) is 0 Å². The van der Waals surface area contributed by atoms with Gasteiger partial charge in [0.2, 0.25) is 11.9 Å². The summed E-state index contributed by atoms with van der Waals surface area (Å²) in [7, 11) is 1.26. The number of rotatable bonds is 9. The van der Waals surface area contributed by atoms with Crippen LogP contribution in [0.5, 0.6) is 0 Å². The molecule has 1 aromatic heterocycles. The van der Waals surface area contributed by atoms with Crippen LogP contribution in [0.4, 0.5) is 15.3 Å². The van der Waals surface area contributed by atoms with E-state index < -0.39 is 29.4 Å². The summed E-state index contributed by atoms with van der Waals surface area (Å²) in [6.45, 7) is 10.1. The molecule has 0 atom stereocenters. The van der Waals surface area contributed by atoms with Crippen molar-refractivity contribution >= 4 is 35.7 Å². The molecule has 0 aliphatic carbocycles. The SMILES string of the molecule is COC(=O)CN(C(=O)Cn1cc(CCCN=C(NC(=O)OC(C)(C)C)NC(=O)OC(C)(C)C)nn1)c1ccccc1. The number of methoxy groups -OCH3 is 1. The Morgan fingerprint density at radius 2 is 1.54 bits per heavy atom. The highest BCUT2D eigenvalue weighted by Gasteiger charge is 2.22. The minimum absolute atomic E-state index is 0.116. The van der Waals surface area contributed by atoms with Crippen molar-refractivity contribution in [2.24, 2.45) is 4.99 Å². The maximum absolute atomic E-state index is 13.0. The van der Waals surface area contributed by atoms with Gasteiger partial charge in [-0.3, -0.25) is 30.1 Å². The highest BCUT2D eigenvalue weighted by atomic mass is 16.6. The molecule has 2 N–H and O–H groups in total. The van der Waals surface area contributed by atoms with Gasteiger partial charge in [-0.1, -0.05) is 23.4 Å². The number of para-hydroxylation sites is 1. The van der Waals surface area contributed by atoms with Crippen LogP contribution in [0.3, 0.4) is 0 Å². The van der Waals surface area contributed by atoms with Gasteiger partial charge < -0.3 is 14.2 Å². The van der Waals surface area contributed by atoms with Crippen molar-refractivity contribution < 1.29 is 33.4 Å². The van der Waals surface area contributed by atoms with Gasteiger partial charge in [-0.25, -0.2) is 14.3 Å². The van der Waals surface area contributed by atoms with E-state index >= 15 is 0 Å². The van der Waals surface area contributed by atoms with E-state index in [0.29, 0.717) is 24.2 Å². The largest absolute Gasteiger partial charge is 0.468 e. The Hall–Kier alpha value is -4.49. The topological polar surface area (TPSA) is 166 Å². The number of aromatic nitrogens is 3. The molecule has 0 aliphatic heterocycles. The lowest BCUT2D eigenvalue weighted by molar-refractivity contribution is -0.140. The number of anilines is 1. The van der Waals surface area contributed by atoms with Crippen molar-refractivity contribution in [3.63, 3.8) is 0 Å². The van der Waals surface area contributed by atoms with E-state index in [4.69, 9.17) is 14.2 Å². The number of hydrogen-bond donors (Lipinski definition) is 2. The summed E-state index contributed by atoms with van der Waals surface area (Å²) in [4.78, 5) is 54.9. The Kier molecular flexibility index (Phi) is 11.8. The molecule has 0 saturated heterocycles. The molecule has 0 unspecified atom stereocenters. The van der Waals surface area contributed by atoms with E-state index in [-0.39, 0.29) is 31.5 Å². The van der Waals surface area contributed by atoms with E-state index in [1.54, 1.807) is 72.0 Å². The molecule has 2 aromatic rings. The molecule has 0 aliphatic rings. The van der Waals surface area contributed by atoms with Gasteiger partial charge in [0.05, 0.1) is 12.8 Å². The zero-order valence-corrected chi connectivity index (χ0v) is 24.6. The summed E-state index contributed by atoms with van der Waals surface area (Å²) in [5.41, 5.74) is -0.330. The Bertz CT molecular complexity index is 1180. The second-order valence-electron chi connectivity index (χ2n) is 10.9. The number of aliphatic imine (C=N–C) groups is 1. The Morgan fingerprint density at radius 1 is 0.951 bits per heavy atom. The molecule has 14 heteroatoms. The maximum Gasteiger partial charge on any atom is 0.414 e. The van der Waals surface area contributed by atoms with Crippen LogP contribution in [0, 0.1) is 0 Å². The molecular formula is C27H39N7O7. The monoisotopic (exact) mass is 573 g/mol. The highest BCUT2D eigenvalue weighted by molar-refractivity contribution is 6.01. The third-order valence-corrected chi connectivity index (χ3v) is 4.87. The fourth-order valence-corrected chi connectivity index (χ4v) is 3.24. The number of nitrogens with one attached hydrogen (secondary N) is 2. The number of aryl methyl sites for hydroxylation is 1. The van der Waals surface area contributed by atoms with E-state index in [2.05, 4.69) is 25.9 Å². The molecule has 0 saturated carbocycles. The van der Waals surface area contributed by atoms with Gasteiger partial charge in [0.15, 0.2) is 0 Å². The van der Waals surface area contributed by atoms with Crippen molar-refractivity contribution in [1.29, 1.82) is 0 Å². The van der Waals surface area contributed by atoms with Crippen molar-refractivity contribution in [1.82, 2.24) is 25.6 Å². The molecule has 3 amide bonds. The van der Waals surface area contributed by atoms with Gasteiger partial charge >= 0.3 is 18.2 Å². The lowest BCUT2D eigenvalue weighted by atomic mass is 10.2. The summed E-state index contributed by atoms with van der Waals surface area (Å²) >= 11 is 0. The predicted molar refractivity (Wildman–Crippen MR) is 150 cm³/mol. The standard InChI is InChI=1S/C27H39N7O7/c1-26(2,3)40-24(37)29-23(30-25(38)41-27(4,5)6)28-15-11-12-19-16-33(32-31-19)17-21(35)34(18-22(36)39-7)20-13-9-8-10-14-20/h8-10,13-14,16H,11-12,15,17-18H2,1-7H3,(H2,28,29,30,37,38). The van der Waals surface area contributed by atoms with Gasteiger partial charge in [-0.15, -0.1) is 5.10 Å². The van der Waals surface area contributed by atoms with Crippen LogP contribution in [-0.2, 0) is 36.8 Å². The van der Waals surface area contributed by atoms with Crippen LogP contribution in [0.1, 0.15) is 53.7 Å². The fourth-order valence-electron chi connectivity index (χ4n) is 3.24. The van der Waals surface area contributed by atoms with E-state index in [0.717, 1.165) is 0 Å². The average molecular weight is 574 g/mol. The number of nitrogens with zero attached hydrogens (tertiary/aromatic N) is 5. The lowest BCUT2D eigenvalue weighted by Gasteiger charge is -2.22. The number of alkyl carbamates (subject to hydrolysis) is 2. The molecular weight excluding hydrogens is 534 g/mol. The molecule has 0 fully saturated rings. The van der Waals surface area contributed by atoms with Gasteiger partial charge in [0.25, 0.3) is 0 Å². The van der Waals surface area contributed by atoms with E-state index in [1.807, 2.05) is 6.07 Å². The number of guanidine groups is 1. The van der Waals surface area contributed by atoms with Crippen LogP contribution in [0.25, 0.3) is 0 Å². The first-order valence-electron chi connectivity index (χ1n) is 13.0. The number of amides is 3. The molecule has 1 aromatic carbocycles. The predicted octanol–water partition coefficient (Wildman–Crippen LogP) is 2.82. The Morgan fingerprint density at radius 3 is 2.07 bits per heavy atom. The second kappa shape index (κ2) is 14.8. The maximum atomic E-state index is 13.0. The van der Waals surface area contributed by atoms with E-state index in [1.165, 1.54) is 16.7 Å². The second-order valence-corrected chi connectivity index (χ2v) is 10.9. The minimum Gasteiger partial charge on any atom is -0.468 e. The van der Waals surface area contributed by atoms with Crippen LogP contribution in [0.15, 0.2) is 41.5 Å².